The molecule has 1 aromatic carbocycles. The fourth-order valence-corrected chi connectivity index (χ4v) is 6.63. The summed E-state index contributed by atoms with van der Waals surface area (Å²) in [5, 5.41) is 0. The smallest absolute Gasteiger partial charge is 0.131 e. The van der Waals surface area contributed by atoms with Crippen LogP contribution in [0.4, 0.5) is 0 Å². The summed E-state index contributed by atoms with van der Waals surface area (Å²) in [5.41, 5.74) is 3.69. The molecule has 0 saturated heterocycles. The van der Waals surface area contributed by atoms with Crippen LogP contribution in [0.25, 0.3) is 6.08 Å². The van der Waals surface area contributed by atoms with Crippen molar-refractivity contribution in [1.29, 1.82) is 0 Å². The van der Waals surface area contributed by atoms with Crippen molar-refractivity contribution in [2.24, 2.45) is 0 Å². The summed E-state index contributed by atoms with van der Waals surface area (Å²) in [6, 6.07) is 8.77. The van der Waals surface area contributed by atoms with Crippen molar-refractivity contribution < 1.29 is 26.2 Å². The van der Waals surface area contributed by atoms with E-state index >= 15 is 0 Å². The molecule has 0 heterocycles. The van der Waals surface area contributed by atoms with Gasteiger partial charge in [0.1, 0.15) is 8.24 Å². The Balaban J connectivity index is 0. The van der Waals surface area contributed by atoms with E-state index in [0.29, 0.717) is 5.54 Å². The van der Waals surface area contributed by atoms with Crippen molar-refractivity contribution in [2.75, 3.05) is 0 Å². The number of rotatable bonds is 2. The summed E-state index contributed by atoms with van der Waals surface area (Å²) in [6.07, 6.45) is 4.66. The molecule has 1 aliphatic rings. The van der Waals surface area contributed by atoms with Crippen LogP contribution >= 0.6 is 24.8 Å². The van der Waals surface area contributed by atoms with Gasteiger partial charge in [-0.05, 0) is 31.9 Å². The van der Waals surface area contributed by atoms with Gasteiger partial charge in [0.25, 0.3) is 0 Å². The molecule has 0 bridgehead atoms. The normalized spacial score (nSPS) is 16.6. The SMILES string of the molecule is CC(C)(C)N[Si](C)(C)C1C=Cc2ccccc21.Cl.Cl.[Zr]. The minimum absolute atomic E-state index is 0. The molecule has 0 aromatic heterocycles. The van der Waals surface area contributed by atoms with E-state index in [-0.39, 0.29) is 56.6 Å². The fourth-order valence-electron chi connectivity index (χ4n) is 2.92. The molecule has 0 fully saturated rings. The number of fused-ring (bicyclic) bond motifs is 1. The standard InChI is InChI=1S/C15H23NSi.2ClH.Zr/c1-15(2,3)16-17(4,5)14-11-10-12-8-6-7-9-13(12)14;;;/h6-11,14,16H,1-5H3;2*1H;. The number of benzene rings is 1. The van der Waals surface area contributed by atoms with Crippen molar-refractivity contribution >= 4 is 39.1 Å². The number of hydrogen-bond acceptors (Lipinski definition) is 1. The molecular weight excluding hydrogens is 384 g/mol. The first-order valence-electron chi connectivity index (χ1n) is 6.36. The van der Waals surface area contributed by atoms with Crippen LogP contribution in [0.15, 0.2) is 30.3 Å². The minimum atomic E-state index is -1.49. The Kier molecular flexibility index (Phi) is 9.48. The van der Waals surface area contributed by atoms with Crippen LogP contribution in [-0.2, 0) is 26.2 Å². The number of nitrogens with one attached hydrogen (secondary N) is 1. The second kappa shape index (κ2) is 8.29. The largest absolute Gasteiger partial charge is 0.332 e. The Labute approximate surface area is 156 Å². The van der Waals surface area contributed by atoms with E-state index in [1.54, 1.807) is 0 Å². The fraction of sp³-hybridized carbons (Fsp3) is 0.467. The minimum Gasteiger partial charge on any atom is -0.332 e. The Hall–Kier alpha value is 0.600. The van der Waals surface area contributed by atoms with Gasteiger partial charge in [-0.1, -0.05) is 49.5 Å². The Morgan fingerprint density at radius 2 is 1.60 bits per heavy atom. The predicted molar refractivity (Wildman–Crippen MR) is 93.1 cm³/mol. The Bertz CT molecular complexity index is 455. The summed E-state index contributed by atoms with van der Waals surface area (Å²) in [4.78, 5) is 3.87. The van der Waals surface area contributed by atoms with Gasteiger partial charge >= 0.3 is 0 Å². The van der Waals surface area contributed by atoms with Crippen LogP contribution in [0, 0.1) is 0 Å². The van der Waals surface area contributed by atoms with Crippen LogP contribution in [0.5, 0.6) is 0 Å². The van der Waals surface area contributed by atoms with Crippen LogP contribution in [-0.4, -0.2) is 13.8 Å². The monoisotopic (exact) mass is 407 g/mol. The van der Waals surface area contributed by atoms with Gasteiger partial charge in [-0.3, -0.25) is 0 Å². The molecular formula is C15H25Cl2NSiZr. The first kappa shape index (κ1) is 22.9. The third-order valence-corrected chi connectivity index (χ3v) is 6.73. The van der Waals surface area contributed by atoms with Gasteiger partial charge in [-0.25, -0.2) is 0 Å². The zero-order valence-electron chi connectivity index (χ0n) is 12.9. The predicted octanol–water partition coefficient (Wildman–Crippen LogP) is 4.77. The number of hydrogen-bond donors (Lipinski definition) is 1. The van der Waals surface area contributed by atoms with E-state index in [1.807, 2.05) is 0 Å². The quantitative estimate of drug-likeness (QED) is 0.694. The average molecular weight is 410 g/mol. The molecule has 1 atom stereocenters. The third kappa shape index (κ3) is 5.42. The molecule has 1 nitrogen and oxygen atoms in total. The van der Waals surface area contributed by atoms with Gasteiger partial charge < -0.3 is 4.98 Å². The zero-order valence-corrected chi connectivity index (χ0v) is 17.9. The molecule has 0 saturated carbocycles. The van der Waals surface area contributed by atoms with Crippen molar-refractivity contribution in [1.82, 2.24) is 4.98 Å². The molecule has 1 unspecified atom stereocenters. The Morgan fingerprint density at radius 1 is 1.05 bits per heavy atom. The van der Waals surface area contributed by atoms with Gasteiger partial charge in [0.05, 0.1) is 0 Å². The summed E-state index contributed by atoms with van der Waals surface area (Å²) < 4.78 is 0. The van der Waals surface area contributed by atoms with Crippen LogP contribution < -0.4 is 4.98 Å². The third-order valence-electron chi connectivity index (χ3n) is 3.27. The van der Waals surface area contributed by atoms with E-state index in [4.69, 9.17) is 0 Å². The number of halogens is 2. The van der Waals surface area contributed by atoms with E-state index in [0.717, 1.165) is 0 Å². The molecule has 0 amide bonds. The van der Waals surface area contributed by atoms with E-state index in [2.05, 4.69) is 75.3 Å². The molecule has 0 aliphatic heterocycles. The number of allylic oxidation sites excluding steroid dienone is 1. The van der Waals surface area contributed by atoms with Gasteiger partial charge in [0, 0.05) is 37.3 Å². The first-order chi connectivity index (χ1) is 7.80. The molecule has 20 heavy (non-hydrogen) atoms. The molecule has 0 spiro atoms. The summed E-state index contributed by atoms with van der Waals surface area (Å²) in [5.74, 6) is 0. The van der Waals surface area contributed by atoms with Crippen molar-refractivity contribution in [3.05, 3.63) is 41.5 Å². The van der Waals surface area contributed by atoms with E-state index < -0.39 is 8.24 Å². The maximum atomic E-state index is 3.87. The summed E-state index contributed by atoms with van der Waals surface area (Å²) in [7, 11) is -1.49. The van der Waals surface area contributed by atoms with E-state index in [9.17, 15) is 0 Å². The maximum absolute atomic E-state index is 3.87. The van der Waals surface area contributed by atoms with Gasteiger partial charge in [0.2, 0.25) is 0 Å². The first-order valence-corrected chi connectivity index (χ1v) is 9.44. The van der Waals surface area contributed by atoms with Crippen molar-refractivity contribution in [3.8, 4) is 0 Å². The van der Waals surface area contributed by atoms with Crippen LogP contribution in [0.3, 0.4) is 0 Å². The topological polar surface area (TPSA) is 12.0 Å². The van der Waals surface area contributed by atoms with Gasteiger partial charge in [-0.15, -0.1) is 24.8 Å². The molecule has 1 N–H and O–H groups in total. The van der Waals surface area contributed by atoms with Crippen LogP contribution in [0.1, 0.15) is 37.4 Å². The summed E-state index contributed by atoms with van der Waals surface area (Å²) in [6.45, 7) is 11.6. The molecule has 5 heteroatoms. The Morgan fingerprint density at radius 3 is 2.15 bits per heavy atom. The van der Waals surface area contributed by atoms with Gasteiger partial charge in [-0.2, -0.15) is 0 Å². The molecule has 1 aliphatic carbocycles. The zero-order chi connectivity index (χ0) is 12.7. The van der Waals surface area contributed by atoms with Crippen molar-refractivity contribution in [2.45, 2.75) is 44.9 Å². The molecule has 2 rings (SSSR count). The maximum Gasteiger partial charge on any atom is 0.131 e. The van der Waals surface area contributed by atoms with Gasteiger partial charge in [0.15, 0.2) is 0 Å². The molecule has 0 radical (unpaired) electrons. The molecule has 1 aromatic rings. The second-order valence-electron chi connectivity index (χ2n) is 6.56. The summed E-state index contributed by atoms with van der Waals surface area (Å²) >= 11 is 0. The second-order valence-corrected chi connectivity index (χ2v) is 10.9. The van der Waals surface area contributed by atoms with Crippen LogP contribution in [0.2, 0.25) is 13.1 Å². The van der Waals surface area contributed by atoms with E-state index in [1.165, 1.54) is 11.1 Å². The average Bonchev–Trinajstić information content (AvgIpc) is 2.57. The van der Waals surface area contributed by atoms with Crippen molar-refractivity contribution in [3.63, 3.8) is 0 Å². The molecule has 112 valence electrons.